The van der Waals surface area contributed by atoms with Gasteiger partial charge in [-0.1, -0.05) is 0 Å². The van der Waals surface area contributed by atoms with Crippen molar-refractivity contribution in [2.45, 2.75) is 56.8 Å². The van der Waals surface area contributed by atoms with E-state index in [-0.39, 0.29) is 6.42 Å². The van der Waals surface area contributed by atoms with Crippen LogP contribution in [0.15, 0.2) is 0 Å². The number of nitrogens with zero attached hydrogens (tertiary/aromatic N) is 1. The number of rotatable bonds is 2. The summed E-state index contributed by atoms with van der Waals surface area (Å²) in [7, 11) is 0. The highest BCUT2D eigenvalue weighted by molar-refractivity contribution is 4.97. The lowest BCUT2D eigenvalue weighted by atomic mass is 10.0. The molecule has 5 atom stereocenters. The molecule has 2 heterocycles. The number of hydrogen-bond donors (Lipinski definition) is 2. The smallest absolute Gasteiger partial charge is 0.190 e. The number of fused-ring (bicyclic) bond motifs is 1. The second kappa shape index (κ2) is 3.95. The fourth-order valence-corrected chi connectivity index (χ4v) is 2.04. The minimum atomic E-state index is -1.03. The third kappa shape index (κ3) is 1.93. The molecule has 0 aliphatic carbocycles. The van der Waals surface area contributed by atoms with Crippen molar-refractivity contribution in [2.24, 2.45) is 0 Å². The summed E-state index contributed by atoms with van der Waals surface area (Å²) in [6, 6.07) is 1.82. The van der Waals surface area contributed by atoms with E-state index in [1.165, 1.54) is 0 Å². The Labute approximate surface area is 93.3 Å². The zero-order chi connectivity index (χ0) is 11.9. The van der Waals surface area contributed by atoms with E-state index in [4.69, 9.17) is 19.5 Å². The van der Waals surface area contributed by atoms with E-state index < -0.39 is 36.5 Å². The first-order chi connectivity index (χ1) is 7.44. The number of aliphatic hydroxyl groups excluding tert-OH is 2. The molecule has 2 fully saturated rings. The molecule has 2 aliphatic heterocycles. The summed E-state index contributed by atoms with van der Waals surface area (Å²) in [6.07, 6.45) is -4.21. The molecule has 2 saturated heterocycles. The van der Waals surface area contributed by atoms with Crippen molar-refractivity contribution in [3.63, 3.8) is 0 Å². The largest absolute Gasteiger partial charge is 0.389 e. The average Bonchev–Trinajstić information content (AvgIpc) is 2.62. The lowest BCUT2D eigenvalue weighted by Gasteiger charge is -2.24. The minimum absolute atomic E-state index is 0.0927. The predicted molar refractivity (Wildman–Crippen MR) is 50.9 cm³/mol. The van der Waals surface area contributed by atoms with Crippen LogP contribution in [-0.2, 0) is 14.2 Å². The van der Waals surface area contributed by atoms with Crippen LogP contribution in [0, 0.1) is 11.3 Å². The summed E-state index contributed by atoms with van der Waals surface area (Å²) >= 11 is 0. The Morgan fingerprint density at radius 3 is 2.69 bits per heavy atom. The minimum Gasteiger partial charge on any atom is -0.389 e. The van der Waals surface area contributed by atoms with Crippen LogP contribution < -0.4 is 0 Å². The van der Waals surface area contributed by atoms with Crippen LogP contribution in [0.4, 0.5) is 0 Å². The molecule has 0 radical (unpaired) electrons. The van der Waals surface area contributed by atoms with Gasteiger partial charge in [0.15, 0.2) is 12.1 Å². The summed E-state index contributed by atoms with van der Waals surface area (Å²) in [5.74, 6) is -0.790. The van der Waals surface area contributed by atoms with Crippen molar-refractivity contribution in [1.82, 2.24) is 0 Å². The topological polar surface area (TPSA) is 91.9 Å². The van der Waals surface area contributed by atoms with E-state index >= 15 is 0 Å². The maximum Gasteiger partial charge on any atom is 0.190 e. The molecule has 0 amide bonds. The fourth-order valence-electron chi connectivity index (χ4n) is 2.04. The van der Waals surface area contributed by atoms with Crippen LogP contribution in [0.3, 0.4) is 0 Å². The van der Waals surface area contributed by atoms with Gasteiger partial charge < -0.3 is 24.4 Å². The van der Waals surface area contributed by atoms with Gasteiger partial charge in [-0.2, -0.15) is 5.26 Å². The third-order valence-corrected chi connectivity index (χ3v) is 2.73. The van der Waals surface area contributed by atoms with Crippen LogP contribution in [0.5, 0.6) is 0 Å². The number of hydrogen-bond acceptors (Lipinski definition) is 6. The number of aliphatic hydroxyl groups is 2. The molecule has 16 heavy (non-hydrogen) atoms. The van der Waals surface area contributed by atoms with Gasteiger partial charge in [0.1, 0.15) is 18.3 Å². The van der Waals surface area contributed by atoms with E-state index in [1.807, 2.05) is 6.07 Å². The second-order valence-electron chi connectivity index (χ2n) is 4.49. The Hall–Kier alpha value is -0.710. The first kappa shape index (κ1) is 11.8. The Morgan fingerprint density at radius 1 is 1.44 bits per heavy atom. The highest BCUT2D eigenvalue weighted by Gasteiger charge is 2.55. The highest BCUT2D eigenvalue weighted by atomic mass is 16.8. The molecule has 0 aromatic rings. The molecule has 0 aromatic carbocycles. The van der Waals surface area contributed by atoms with Gasteiger partial charge in [0.25, 0.3) is 0 Å². The first-order valence-corrected chi connectivity index (χ1v) is 5.19. The third-order valence-electron chi connectivity index (χ3n) is 2.73. The molecule has 0 spiro atoms. The molecule has 0 saturated carbocycles. The van der Waals surface area contributed by atoms with Gasteiger partial charge in [-0.3, -0.25) is 0 Å². The second-order valence-corrected chi connectivity index (χ2v) is 4.49. The Kier molecular flexibility index (Phi) is 2.90. The first-order valence-electron chi connectivity index (χ1n) is 5.19. The predicted octanol–water partition coefficient (Wildman–Crippen LogP) is -0.502. The number of nitriles is 1. The molecule has 90 valence electrons. The summed E-state index contributed by atoms with van der Waals surface area (Å²) in [5, 5.41) is 27.9. The van der Waals surface area contributed by atoms with Gasteiger partial charge in [-0.25, -0.2) is 0 Å². The fraction of sp³-hybridized carbons (Fsp3) is 0.900. The molecule has 2 rings (SSSR count). The molecular formula is C10H15NO5. The van der Waals surface area contributed by atoms with E-state index in [0.717, 1.165) is 0 Å². The van der Waals surface area contributed by atoms with Crippen LogP contribution in [0.25, 0.3) is 0 Å². The molecule has 2 N–H and O–H groups in total. The van der Waals surface area contributed by atoms with E-state index in [2.05, 4.69) is 0 Å². The molecular weight excluding hydrogens is 214 g/mol. The van der Waals surface area contributed by atoms with Crippen molar-refractivity contribution in [3.8, 4) is 6.07 Å². The molecule has 0 bridgehead atoms. The van der Waals surface area contributed by atoms with Crippen LogP contribution >= 0.6 is 0 Å². The van der Waals surface area contributed by atoms with Crippen molar-refractivity contribution in [3.05, 3.63) is 0 Å². The lowest BCUT2D eigenvalue weighted by Crippen LogP contribution is -2.40. The maximum absolute atomic E-state index is 9.89. The van der Waals surface area contributed by atoms with E-state index in [9.17, 15) is 10.2 Å². The molecule has 0 aromatic heterocycles. The zero-order valence-corrected chi connectivity index (χ0v) is 9.16. The molecule has 2 aliphatic rings. The van der Waals surface area contributed by atoms with Crippen molar-refractivity contribution < 1.29 is 24.4 Å². The van der Waals surface area contributed by atoms with Crippen molar-refractivity contribution in [1.29, 1.82) is 5.26 Å². The van der Waals surface area contributed by atoms with Gasteiger partial charge in [0.2, 0.25) is 0 Å². The molecule has 0 unspecified atom stereocenters. The summed E-state index contributed by atoms with van der Waals surface area (Å²) in [5.41, 5.74) is 0. The Morgan fingerprint density at radius 2 is 2.12 bits per heavy atom. The normalized spacial score (nSPS) is 42.7. The van der Waals surface area contributed by atoms with Gasteiger partial charge >= 0.3 is 0 Å². The molecule has 6 heteroatoms. The SMILES string of the molecule is CC1(C)O[C@H]2O[C@H]([C@@H](O)CC#N)[C@H](O)[C@H]2O1. The van der Waals surface area contributed by atoms with Crippen molar-refractivity contribution >= 4 is 0 Å². The summed E-state index contributed by atoms with van der Waals surface area (Å²) in [4.78, 5) is 0. The van der Waals surface area contributed by atoms with Gasteiger partial charge in [-0.05, 0) is 13.8 Å². The van der Waals surface area contributed by atoms with Crippen LogP contribution in [0.1, 0.15) is 20.3 Å². The van der Waals surface area contributed by atoms with Gasteiger partial charge in [-0.15, -0.1) is 0 Å². The molecule has 6 nitrogen and oxygen atoms in total. The van der Waals surface area contributed by atoms with Gasteiger partial charge in [0, 0.05) is 0 Å². The monoisotopic (exact) mass is 229 g/mol. The van der Waals surface area contributed by atoms with Crippen LogP contribution in [-0.4, -0.2) is 46.7 Å². The number of ether oxygens (including phenoxy) is 3. The van der Waals surface area contributed by atoms with E-state index in [1.54, 1.807) is 13.8 Å². The Balaban J connectivity index is 2.03. The zero-order valence-electron chi connectivity index (χ0n) is 9.16. The lowest BCUT2D eigenvalue weighted by molar-refractivity contribution is -0.225. The van der Waals surface area contributed by atoms with E-state index in [0.29, 0.717) is 0 Å². The summed E-state index contributed by atoms with van der Waals surface area (Å²) in [6.45, 7) is 3.45. The Bertz CT molecular complexity index is 313. The highest BCUT2D eigenvalue weighted by Crippen LogP contribution is 2.38. The average molecular weight is 229 g/mol. The van der Waals surface area contributed by atoms with Crippen molar-refractivity contribution in [2.75, 3.05) is 0 Å². The standard InChI is InChI=1S/C10H15NO5/c1-10(2)15-8-6(13)7(5(12)3-4-11)14-9(8)16-10/h5-9,12-13H,3H2,1-2H3/t5-,6-,7+,8+,9+/m0/s1. The maximum atomic E-state index is 9.89. The van der Waals surface area contributed by atoms with Crippen LogP contribution in [0.2, 0.25) is 0 Å². The summed E-state index contributed by atoms with van der Waals surface area (Å²) < 4.78 is 16.2. The van der Waals surface area contributed by atoms with Gasteiger partial charge in [0.05, 0.1) is 18.6 Å². The quantitative estimate of drug-likeness (QED) is 0.663.